The van der Waals surface area contributed by atoms with Crippen LogP contribution in [0, 0.1) is 12.0 Å². The molecule has 109 valence electrons. The van der Waals surface area contributed by atoms with Crippen molar-refractivity contribution >= 4 is 11.6 Å². The normalized spacial score (nSPS) is 27.4. The highest BCUT2D eigenvalue weighted by Crippen LogP contribution is 2.36. The van der Waals surface area contributed by atoms with E-state index < -0.39 is 30.1 Å². The Kier molecular flexibility index (Phi) is 3.85. The monoisotopic (exact) mass is 287 g/mol. The summed E-state index contributed by atoms with van der Waals surface area (Å²) in [5, 5.41) is 0. The highest BCUT2D eigenvalue weighted by molar-refractivity contribution is 5.84. The van der Waals surface area contributed by atoms with Crippen molar-refractivity contribution < 1.29 is 18.0 Å². The summed E-state index contributed by atoms with van der Waals surface area (Å²) in [4.78, 5) is 16.5. The fourth-order valence-corrected chi connectivity index (χ4v) is 2.45. The molecule has 2 rings (SSSR count). The van der Waals surface area contributed by atoms with Gasteiger partial charge >= 0.3 is 6.18 Å². The van der Waals surface area contributed by atoms with Gasteiger partial charge in [0.15, 0.2) is 0 Å². The minimum Gasteiger partial charge on any atom is -0.368 e. The number of pyridine rings is 1. The number of piperidine rings is 1. The van der Waals surface area contributed by atoms with E-state index in [1.807, 2.05) is 0 Å². The van der Waals surface area contributed by atoms with Gasteiger partial charge in [-0.05, 0) is 12.5 Å². The molecule has 1 aromatic rings. The molecule has 0 saturated carbocycles. The third kappa shape index (κ3) is 2.84. The number of nitrogens with two attached hydrogens (primary N) is 2. The van der Waals surface area contributed by atoms with Crippen molar-refractivity contribution in [2.24, 2.45) is 17.4 Å². The Bertz CT molecular complexity index is 479. The van der Waals surface area contributed by atoms with Crippen LogP contribution < -0.4 is 16.4 Å². The summed E-state index contributed by atoms with van der Waals surface area (Å²) in [5.74, 6) is -2.35. The number of rotatable bonds is 2. The lowest BCUT2D eigenvalue weighted by Gasteiger charge is -2.43. The van der Waals surface area contributed by atoms with E-state index in [1.165, 1.54) is 23.4 Å². The van der Waals surface area contributed by atoms with E-state index in [0.29, 0.717) is 5.69 Å². The van der Waals surface area contributed by atoms with Gasteiger partial charge in [0.2, 0.25) is 5.91 Å². The van der Waals surface area contributed by atoms with Crippen molar-refractivity contribution in [3.05, 3.63) is 24.5 Å². The van der Waals surface area contributed by atoms with E-state index in [4.69, 9.17) is 11.5 Å². The van der Waals surface area contributed by atoms with Gasteiger partial charge in [-0.25, -0.2) is 0 Å². The Morgan fingerprint density at radius 2 is 2.20 bits per heavy atom. The summed E-state index contributed by atoms with van der Waals surface area (Å²) in [6.45, 7) is -0.370. The largest absolute Gasteiger partial charge is 0.393 e. The van der Waals surface area contributed by atoms with Gasteiger partial charge in [-0.1, -0.05) is 0 Å². The maximum absolute atomic E-state index is 12.9. The molecule has 2 heterocycles. The third-order valence-electron chi connectivity index (χ3n) is 3.38. The maximum atomic E-state index is 12.9. The number of primary amides is 1. The standard InChI is InChI=1S/C12H14F3N4O/c13-12(14,15)7-5-9(16)10(11(17)20)19(6-7)8-1-3-18-4-2-8/h1,3-4,7,9-10H,5-6,16H2,(H2,17,20). The average molecular weight is 287 g/mol. The van der Waals surface area contributed by atoms with Crippen molar-refractivity contribution in [2.75, 3.05) is 11.4 Å². The molecule has 0 bridgehead atoms. The van der Waals surface area contributed by atoms with Crippen LogP contribution >= 0.6 is 0 Å². The first-order chi connectivity index (χ1) is 9.30. The summed E-state index contributed by atoms with van der Waals surface area (Å²) >= 11 is 0. The number of amides is 1. The molecule has 4 N–H and O–H groups in total. The van der Waals surface area contributed by atoms with Gasteiger partial charge in [-0.15, -0.1) is 0 Å². The fourth-order valence-electron chi connectivity index (χ4n) is 2.45. The summed E-state index contributed by atoms with van der Waals surface area (Å²) in [6, 6.07) is 2.22. The van der Waals surface area contributed by atoms with E-state index in [-0.39, 0.29) is 13.0 Å². The lowest BCUT2D eigenvalue weighted by Crippen LogP contribution is -2.62. The molecule has 1 fully saturated rings. The van der Waals surface area contributed by atoms with E-state index in [0.717, 1.165) is 0 Å². The van der Waals surface area contributed by atoms with Crippen LogP contribution in [0.3, 0.4) is 0 Å². The van der Waals surface area contributed by atoms with Crippen molar-refractivity contribution in [3.8, 4) is 0 Å². The third-order valence-corrected chi connectivity index (χ3v) is 3.38. The number of halogens is 3. The highest BCUT2D eigenvalue weighted by Gasteiger charge is 2.48. The fraction of sp³-hybridized carbons (Fsp3) is 0.500. The van der Waals surface area contributed by atoms with Crippen molar-refractivity contribution in [2.45, 2.75) is 24.7 Å². The first-order valence-electron chi connectivity index (χ1n) is 6.00. The highest BCUT2D eigenvalue weighted by atomic mass is 19.4. The van der Waals surface area contributed by atoms with Crippen LogP contribution in [0.25, 0.3) is 0 Å². The molecule has 3 atom stereocenters. The Hall–Kier alpha value is -1.83. The average Bonchev–Trinajstić information content (AvgIpc) is 2.37. The first kappa shape index (κ1) is 14.6. The van der Waals surface area contributed by atoms with Crippen LogP contribution in [0.15, 0.2) is 18.5 Å². The van der Waals surface area contributed by atoms with E-state index in [9.17, 15) is 18.0 Å². The van der Waals surface area contributed by atoms with Gasteiger partial charge in [-0.3, -0.25) is 9.78 Å². The second-order valence-electron chi connectivity index (χ2n) is 4.76. The Morgan fingerprint density at radius 1 is 1.50 bits per heavy atom. The minimum atomic E-state index is -4.37. The molecule has 1 saturated heterocycles. The van der Waals surface area contributed by atoms with E-state index in [1.54, 1.807) is 0 Å². The molecular formula is C12H14F3N4O. The number of hydrogen-bond donors (Lipinski definition) is 2. The topological polar surface area (TPSA) is 85.2 Å². The van der Waals surface area contributed by atoms with Crippen LogP contribution in [0.2, 0.25) is 0 Å². The zero-order chi connectivity index (χ0) is 14.9. The molecule has 1 aliphatic rings. The molecule has 0 aliphatic carbocycles. The molecule has 1 aromatic heterocycles. The van der Waals surface area contributed by atoms with E-state index in [2.05, 4.69) is 11.1 Å². The van der Waals surface area contributed by atoms with Gasteiger partial charge in [-0.2, -0.15) is 13.2 Å². The number of aromatic nitrogens is 1. The molecule has 1 aliphatic heterocycles. The Labute approximate surface area is 113 Å². The lowest BCUT2D eigenvalue weighted by atomic mass is 9.87. The van der Waals surface area contributed by atoms with Crippen molar-refractivity contribution in [1.29, 1.82) is 0 Å². The van der Waals surface area contributed by atoms with Gasteiger partial charge in [0.05, 0.1) is 5.92 Å². The van der Waals surface area contributed by atoms with Gasteiger partial charge in [0.25, 0.3) is 0 Å². The van der Waals surface area contributed by atoms with Gasteiger partial charge in [0, 0.05) is 36.7 Å². The number of nitrogens with zero attached hydrogens (tertiary/aromatic N) is 2. The van der Waals surface area contributed by atoms with Crippen LogP contribution in [-0.2, 0) is 4.79 Å². The zero-order valence-corrected chi connectivity index (χ0v) is 10.5. The predicted octanol–water partition coefficient (Wildman–Crippen LogP) is 0.452. The number of anilines is 1. The van der Waals surface area contributed by atoms with Crippen LogP contribution in [0.1, 0.15) is 6.42 Å². The summed E-state index contributed by atoms with van der Waals surface area (Å²) in [5.41, 5.74) is 11.3. The number of carbonyl (C=O) groups is 1. The summed E-state index contributed by atoms with van der Waals surface area (Å²) < 4.78 is 38.7. The van der Waals surface area contributed by atoms with Crippen molar-refractivity contribution in [1.82, 2.24) is 4.98 Å². The molecule has 5 nitrogen and oxygen atoms in total. The number of hydrogen-bond acceptors (Lipinski definition) is 4. The molecule has 0 spiro atoms. The number of carbonyl (C=O) groups excluding carboxylic acids is 1. The smallest absolute Gasteiger partial charge is 0.368 e. The lowest BCUT2D eigenvalue weighted by molar-refractivity contribution is -0.178. The second kappa shape index (κ2) is 5.28. The van der Waals surface area contributed by atoms with Crippen LogP contribution in [-0.4, -0.2) is 35.7 Å². The van der Waals surface area contributed by atoms with Crippen LogP contribution in [0.4, 0.5) is 18.9 Å². The predicted molar refractivity (Wildman–Crippen MR) is 65.5 cm³/mol. The molecule has 1 amide bonds. The van der Waals surface area contributed by atoms with Crippen LogP contribution in [0.5, 0.6) is 0 Å². The Morgan fingerprint density at radius 3 is 2.70 bits per heavy atom. The molecular weight excluding hydrogens is 273 g/mol. The molecule has 20 heavy (non-hydrogen) atoms. The molecule has 1 radical (unpaired) electrons. The summed E-state index contributed by atoms with van der Waals surface area (Å²) in [7, 11) is 0. The van der Waals surface area contributed by atoms with Crippen molar-refractivity contribution in [3.63, 3.8) is 0 Å². The van der Waals surface area contributed by atoms with Gasteiger partial charge < -0.3 is 16.4 Å². The first-order valence-corrected chi connectivity index (χ1v) is 6.00. The van der Waals surface area contributed by atoms with E-state index >= 15 is 0 Å². The minimum absolute atomic E-state index is 0.321. The molecule has 8 heteroatoms. The summed E-state index contributed by atoms with van der Waals surface area (Å²) in [6.07, 6.45) is -1.97. The quantitative estimate of drug-likeness (QED) is 0.827. The molecule has 3 unspecified atom stereocenters. The molecule has 0 aromatic carbocycles. The van der Waals surface area contributed by atoms with Gasteiger partial charge in [0.1, 0.15) is 6.04 Å². The number of alkyl halides is 3. The Balaban J connectivity index is 2.34. The maximum Gasteiger partial charge on any atom is 0.393 e. The zero-order valence-electron chi connectivity index (χ0n) is 10.5. The second-order valence-corrected chi connectivity index (χ2v) is 4.76. The SMILES string of the molecule is NC(=O)C1C(N)CC(C(F)(F)F)CN1c1[c]cncc1.